The van der Waals surface area contributed by atoms with Crippen molar-refractivity contribution < 1.29 is 4.79 Å². The Morgan fingerprint density at radius 2 is 2.25 bits per heavy atom. The Balaban J connectivity index is 1.95. The quantitative estimate of drug-likeness (QED) is 0.781. The summed E-state index contributed by atoms with van der Waals surface area (Å²) in [4.78, 5) is 15.7. The van der Waals surface area contributed by atoms with Gasteiger partial charge < -0.3 is 5.32 Å². The van der Waals surface area contributed by atoms with Gasteiger partial charge in [0, 0.05) is 34.2 Å². The zero-order chi connectivity index (χ0) is 17.5. The maximum atomic E-state index is 12.5. The van der Waals surface area contributed by atoms with Crippen LogP contribution in [0.2, 0.25) is 0 Å². The molecule has 0 bridgehead atoms. The molecule has 24 heavy (non-hydrogen) atoms. The lowest BCUT2D eigenvalue weighted by molar-refractivity contribution is -0.117. The molecule has 0 saturated carbocycles. The van der Waals surface area contributed by atoms with Gasteiger partial charge in [0.25, 0.3) is 0 Å². The van der Waals surface area contributed by atoms with Crippen molar-refractivity contribution in [3.8, 4) is 6.07 Å². The summed E-state index contributed by atoms with van der Waals surface area (Å²) in [5.74, 6) is 1.83. The van der Waals surface area contributed by atoms with Gasteiger partial charge in [0.2, 0.25) is 5.91 Å². The molecule has 1 aliphatic rings. The first-order chi connectivity index (χ1) is 11.5. The number of hydrogen-bond donors (Lipinski definition) is 1. The topological polar surface area (TPSA) is 56.1 Å². The number of para-hydroxylation sites is 1. The summed E-state index contributed by atoms with van der Waals surface area (Å²) >= 11 is 3.59. The summed E-state index contributed by atoms with van der Waals surface area (Å²) in [6, 6.07) is 10.5. The van der Waals surface area contributed by atoms with Crippen molar-refractivity contribution in [1.82, 2.24) is 4.90 Å². The minimum absolute atomic E-state index is 0.00746. The number of amides is 1. The number of thioether (sulfide) groups is 2. The third-order valence-electron chi connectivity index (χ3n) is 4.23. The first kappa shape index (κ1) is 19.2. The molecular formula is C18H25N3OS2. The largest absolute Gasteiger partial charge is 0.324 e. The van der Waals surface area contributed by atoms with E-state index in [-0.39, 0.29) is 11.8 Å². The SMILES string of the molecule is CC(C#N)CSc1ccccc1NC(=O)CN1CCSC(C)C1C. The van der Waals surface area contributed by atoms with Crippen LogP contribution >= 0.6 is 23.5 Å². The van der Waals surface area contributed by atoms with E-state index in [4.69, 9.17) is 5.26 Å². The van der Waals surface area contributed by atoms with E-state index < -0.39 is 0 Å². The number of rotatable bonds is 6. The molecule has 0 aromatic heterocycles. The van der Waals surface area contributed by atoms with Crippen molar-refractivity contribution in [2.24, 2.45) is 5.92 Å². The van der Waals surface area contributed by atoms with Gasteiger partial charge in [-0.05, 0) is 26.0 Å². The predicted octanol–water partition coefficient (Wildman–Crippen LogP) is 3.70. The number of nitrogens with zero attached hydrogens (tertiary/aromatic N) is 2. The molecule has 3 atom stereocenters. The van der Waals surface area contributed by atoms with Crippen LogP contribution in [0.1, 0.15) is 20.8 Å². The Morgan fingerprint density at radius 1 is 1.50 bits per heavy atom. The molecule has 0 radical (unpaired) electrons. The third-order valence-corrected chi connectivity index (χ3v) is 6.90. The van der Waals surface area contributed by atoms with Crippen LogP contribution in [0.4, 0.5) is 5.69 Å². The molecule has 1 aromatic rings. The van der Waals surface area contributed by atoms with Crippen molar-refractivity contribution in [1.29, 1.82) is 5.26 Å². The number of carbonyl (C=O) groups excluding carboxylic acids is 1. The van der Waals surface area contributed by atoms with Crippen molar-refractivity contribution in [2.45, 2.75) is 37.0 Å². The van der Waals surface area contributed by atoms with Crippen LogP contribution in [-0.4, -0.2) is 46.7 Å². The lowest BCUT2D eigenvalue weighted by Crippen LogP contribution is -2.47. The van der Waals surface area contributed by atoms with Crippen LogP contribution in [0.5, 0.6) is 0 Å². The van der Waals surface area contributed by atoms with Gasteiger partial charge in [0.15, 0.2) is 0 Å². The monoisotopic (exact) mass is 363 g/mol. The average Bonchev–Trinajstić information content (AvgIpc) is 2.58. The van der Waals surface area contributed by atoms with Crippen LogP contribution in [0.25, 0.3) is 0 Å². The fraction of sp³-hybridized carbons (Fsp3) is 0.556. The molecular weight excluding hydrogens is 338 g/mol. The van der Waals surface area contributed by atoms with E-state index in [1.165, 1.54) is 0 Å². The lowest BCUT2D eigenvalue weighted by Gasteiger charge is -2.36. The molecule has 6 heteroatoms. The van der Waals surface area contributed by atoms with Gasteiger partial charge in [0.05, 0.1) is 24.2 Å². The molecule has 1 amide bonds. The van der Waals surface area contributed by atoms with E-state index in [1.807, 2.05) is 43.0 Å². The number of benzene rings is 1. The normalized spacial score (nSPS) is 22.6. The smallest absolute Gasteiger partial charge is 0.238 e. The Labute approximate surface area is 153 Å². The summed E-state index contributed by atoms with van der Waals surface area (Å²) in [6.07, 6.45) is 0. The van der Waals surface area contributed by atoms with Gasteiger partial charge in [-0.3, -0.25) is 9.69 Å². The Kier molecular flexibility index (Phi) is 7.47. The second kappa shape index (κ2) is 9.36. The van der Waals surface area contributed by atoms with E-state index in [0.29, 0.717) is 17.8 Å². The number of hydrogen-bond acceptors (Lipinski definition) is 5. The number of nitrogens with one attached hydrogen (secondary N) is 1. The van der Waals surface area contributed by atoms with Gasteiger partial charge in [-0.25, -0.2) is 0 Å². The Morgan fingerprint density at radius 3 is 3.00 bits per heavy atom. The Hall–Kier alpha value is -1.16. The van der Waals surface area contributed by atoms with E-state index >= 15 is 0 Å². The van der Waals surface area contributed by atoms with Gasteiger partial charge in [0.1, 0.15) is 0 Å². The highest BCUT2D eigenvalue weighted by Crippen LogP contribution is 2.29. The molecule has 1 fully saturated rings. The van der Waals surface area contributed by atoms with E-state index in [9.17, 15) is 4.79 Å². The van der Waals surface area contributed by atoms with Crippen LogP contribution in [0, 0.1) is 17.2 Å². The average molecular weight is 364 g/mol. The number of nitriles is 1. The van der Waals surface area contributed by atoms with Crippen LogP contribution in [0.3, 0.4) is 0 Å². The van der Waals surface area contributed by atoms with E-state index in [1.54, 1.807) is 11.8 Å². The highest BCUT2D eigenvalue weighted by Gasteiger charge is 2.26. The maximum absolute atomic E-state index is 12.5. The fourth-order valence-electron chi connectivity index (χ4n) is 2.54. The first-order valence-corrected chi connectivity index (χ1v) is 10.3. The first-order valence-electron chi connectivity index (χ1n) is 8.28. The molecule has 1 aromatic carbocycles. The lowest BCUT2D eigenvalue weighted by atomic mass is 10.2. The number of anilines is 1. The second-order valence-corrected chi connectivity index (χ2v) is 8.72. The summed E-state index contributed by atoms with van der Waals surface area (Å²) in [5.41, 5.74) is 0.838. The van der Waals surface area contributed by atoms with Gasteiger partial charge >= 0.3 is 0 Å². The highest BCUT2D eigenvalue weighted by molar-refractivity contribution is 8.00. The molecule has 1 aliphatic heterocycles. The van der Waals surface area contributed by atoms with Crippen molar-refractivity contribution >= 4 is 35.1 Å². The molecule has 0 spiro atoms. The third kappa shape index (κ3) is 5.44. The molecule has 0 aliphatic carbocycles. The summed E-state index contributed by atoms with van der Waals surface area (Å²) in [7, 11) is 0. The maximum Gasteiger partial charge on any atom is 0.238 e. The molecule has 1 N–H and O–H groups in total. The fourth-order valence-corrected chi connectivity index (χ4v) is 4.66. The van der Waals surface area contributed by atoms with Crippen molar-refractivity contribution in [2.75, 3.05) is 29.9 Å². The molecule has 1 heterocycles. The molecule has 3 unspecified atom stereocenters. The summed E-state index contributed by atoms with van der Waals surface area (Å²) in [5, 5.41) is 12.5. The van der Waals surface area contributed by atoms with Crippen molar-refractivity contribution in [3.63, 3.8) is 0 Å². The molecule has 4 nitrogen and oxygen atoms in total. The number of carbonyl (C=O) groups is 1. The van der Waals surface area contributed by atoms with Gasteiger partial charge in [-0.1, -0.05) is 19.1 Å². The van der Waals surface area contributed by atoms with Crippen LogP contribution in [0.15, 0.2) is 29.2 Å². The molecule has 2 rings (SSSR count). The van der Waals surface area contributed by atoms with Gasteiger partial charge in [-0.15, -0.1) is 11.8 Å². The zero-order valence-corrected chi connectivity index (χ0v) is 16.1. The predicted molar refractivity (Wildman–Crippen MR) is 104 cm³/mol. The van der Waals surface area contributed by atoms with E-state index in [0.717, 1.165) is 28.6 Å². The van der Waals surface area contributed by atoms with Crippen LogP contribution in [-0.2, 0) is 4.79 Å². The standard InChI is InChI=1S/C18H25N3OS2/c1-13(10-19)12-24-17-7-5-4-6-16(17)20-18(22)11-21-8-9-23-15(3)14(21)2/h4-7,13-15H,8-9,11-12H2,1-3H3,(H,20,22). The molecule has 130 valence electrons. The molecule has 1 saturated heterocycles. The van der Waals surface area contributed by atoms with Crippen molar-refractivity contribution in [3.05, 3.63) is 24.3 Å². The zero-order valence-electron chi connectivity index (χ0n) is 14.5. The summed E-state index contributed by atoms with van der Waals surface area (Å²) in [6.45, 7) is 7.71. The minimum atomic E-state index is -0.00746. The summed E-state index contributed by atoms with van der Waals surface area (Å²) < 4.78 is 0. The second-order valence-electron chi connectivity index (χ2n) is 6.17. The minimum Gasteiger partial charge on any atom is -0.324 e. The highest BCUT2D eigenvalue weighted by atomic mass is 32.2. The van der Waals surface area contributed by atoms with E-state index in [2.05, 4.69) is 30.1 Å². The van der Waals surface area contributed by atoms with Gasteiger partial charge in [-0.2, -0.15) is 17.0 Å². The van der Waals surface area contributed by atoms with Crippen LogP contribution < -0.4 is 5.32 Å². The Bertz CT molecular complexity index is 602.